The molecule has 1 aliphatic rings. The van der Waals surface area contributed by atoms with Gasteiger partial charge in [0.15, 0.2) is 0 Å². The second-order valence-electron chi connectivity index (χ2n) is 7.30. The third-order valence-electron chi connectivity index (χ3n) is 3.98. The molecule has 0 N–H and O–H groups in total. The first-order valence-electron chi connectivity index (χ1n) is 10.7. The highest BCUT2D eigenvalue weighted by molar-refractivity contribution is 5.85. The van der Waals surface area contributed by atoms with Crippen LogP contribution in [0.4, 0.5) is 0 Å². The molecule has 0 aliphatic heterocycles. The van der Waals surface area contributed by atoms with Crippen LogP contribution in [0.15, 0.2) is 0 Å². The summed E-state index contributed by atoms with van der Waals surface area (Å²) in [4.78, 5) is 11.2. The van der Waals surface area contributed by atoms with Crippen LogP contribution in [-0.2, 0) is 4.79 Å². The van der Waals surface area contributed by atoms with Gasteiger partial charge in [-0.1, -0.05) is 122 Å². The quantitative estimate of drug-likeness (QED) is 0.490. The molecule has 0 bridgehead atoms. The lowest BCUT2D eigenvalue weighted by molar-refractivity contribution is -0.129. The Labute approximate surface area is 156 Å². The van der Waals surface area contributed by atoms with E-state index in [0.717, 1.165) is 11.8 Å². The minimum Gasteiger partial charge on any atom is -0.299 e. The van der Waals surface area contributed by atoms with Crippen LogP contribution in [0.2, 0.25) is 0 Å². The summed E-state index contributed by atoms with van der Waals surface area (Å²) in [5, 5.41) is 0. The van der Waals surface area contributed by atoms with Gasteiger partial charge >= 0.3 is 0 Å². The van der Waals surface area contributed by atoms with E-state index >= 15 is 0 Å². The number of Topliss-reactive ketones (excluding diaryl/α,β-unsaturated/α-hetero) is 1. The SMILES string of the molecule is CC.CC.CC.CC(C)C(=O)C(C)(C)C.CCC1CCC(C)CC1. The van der Waals surface area contributed by atoms with E-state index in [4.69, 9.17) is 0 Å². The van der Waals surface area contributed by atoms with Crippen LogP contribution < -0.4 is 0 Å². The third kappa shape index (κ3) is 19.7. The number of ketones is 1. The minimum absolute atomic E-state index is 0.159. The van der Waals surface area contributed by atoms with Gasteiger partial charge in [0.2, 0.25) is 0 Å². The van der Waals surface area contributed by atoms with Crippen molar-refractivity contribution < 1.29 is 4.79 Å². The number of carbonyl (C=O) groups excluding carboxylic acids is 1. The summed E-state index contributed by atoms with van der Waals surface area (Å²) in [6.07, 6.45) is 7.37. The molecule has 1 saturated carbocycles. The fourth-order valence-electron chi connectivity index (χ4n) is 2.60. The van der Waals surface area contributed by atoms with Crippen molar-refractivity contribution in [3.8, 4) is 0 Å². The Kier molecular flexibility index (Phi) is 27.1. The van der Waals surface area contributed by atoms with Crippen LogP contribution in [0.25, 0.3) is 0 Å². The molecule has 1 aliphatic carbocycles. The highest BCUT2D eigenvalue weighted by atomic mass is 16.1. The molecule has 0 spiro atoms. The molecule has 150 valence electrons. The van der Waals surface area contributed by atoms with Crippen LogP contribution in [0.5, 0.6) is 0 Å². The average Bonchev–Trinajstić information content (AvgIpc) is 2.60. The van der Waals surface area contributed by atoms with Crippen molar-refractivity contribution in [1.29, 1.82) is 0 Å². The summed E-state index contributed by atoms with van der Waals surface area (Å²) in [6, 6.07) is 0. The lowest BCUT2D eigenvalue weighted by atomic mass is 9.82. The van der Waals surface area contributed by atoms with Crippen LogP contribution in [0, 0.1) is 23.2 Å². The summed E-state index contributed by atoms with van der Waals surface area (Å²) < 4.78 is 0. The van der Waals surface area contributed by atoms with Gasteiger partial charge in [-0.3, -0.25) is 4.79 Å². The second-order valence-corrected chi connectivity index (χ2v) is 7.30. The lowest BCUT2D eigenvalue weighted by Crippen LogP contribution is -2.24. The summed E-state index contributed by atoms with van der Waals surface area (Å²) >= 11 is 0. The predicted molar refractivity (Wildman–Crippen MR) is 115 cm³/mol. The third-order valence-corrected chi connectivity index (χ3v) is 3.98. The Balaban J connectivity index is -0.000000127. The topological polar surface area (TPSA) is 17.1 Å². The normalized spacial score (nSPS) is 19.1. The molecule has 1 heteroatoms. The molecular weight excluding hydrogens is 292 g/mol. The van der Waals surface area contributed by atoms with Crippen molar-refractivity contribution in [2.24, 2.45) is 23.2 Å². The molecule has 0 heterocycles. The van der Waals surface area contributed by atoms with E-state index in [1.165, 1.54) is 32.1 Å². The molecule has 0 aromatic rings. The average molecular weight is 345 g/mol. The minimum atomic E-state index is -0.159. The Morgan fingerprint density at radius 2 is 1.21 bits per heavy atom. The smallest absolute Gasteiger partial charge is 0.140 e. The first kappa shape index (κ1) is 31.4. The number of rotatable bonds is 2. The van der Waals surface area contributed by atoms with E-state index in [2.05, 4.69) is 13.8 Å². The maximum atomic E-state index is 11.2. The van der Waals surface area contributed by atoms with Crippen molar-refractivity contribution in [3.63, 3.8) is 0 Å². The molecule has 0 aromatic heterocycles. The Morgan fingerprint density at radius 3 is 1.38 bits per heavy atom. The second kappa shape index (κ2) is 20.7. The zero-order chi connectivity index (χ0) is 20.3. The van der Waals surface area contributed by atoms with E-state index in [0.29, 0.717) is 5.78 Å². The Morgan fingerprint density at radius 1 is 0.875 bits per heavy atom. The molecule has 0 radical (unpaired) electrons. The molecule has 0 unspecified atom stereocenters. The van der Waals surface area contributed by atoms with Gasteiger partial charge < -0.3 is 0 Å². The summed E-state index contributed by atoms with van der Waals surface area (Å²) in [6.45, 7) is 26.4. The van der Waals surface area contributed by atoms with Gasteiger partial charge in [0.05, 0.1) is 0 Å². The van der Waals surface area contributed by atoms with Gasteiger partial charge in [-0.25, -0.2) is 0 Å². The molecule has 1 nitrogen and oxygen atoms in total. The van der Waals surface area contributed by atoms with E-state index in [-0.39, 0.29) is 11.3 Å². The molecule has 0 atom stereocenters. The van der Waals surface area contributed by atoms with Crippen LogP contribution in [0.1, 0.15) is 122 Å². The van der Waals surface area contributed by atoms with Crippen molar-refractivity contribution in [1.82, 2.24) is 0 Å². The molecule has 24 heavy (non-hydrogen) atoms. The van der Waals surface area contributed by atoms with E-state index in [1.807, 2.05) is 76.2 Å². The molecule has 0 amide bonds. The first-order valence-corrected chi connectivity index (χ1v) is 10.7. The monoisotopic (exact) mass is 344 g/mol. The van der Waals surface area contributed by atoms with Gasteiger partial charge in [-0.15, -0.1) is 0 Å². The summed E-state index contributed by atoms with van der Waals surface area (Å²) in [5.74, 6) is 2.60. The summed E-state index contributed by atoms with van der Waals surface area (Å²) in [5.41, 5.74) is -0.159. The van der Waals surface area contributed by atoms with Crippen molar-refractivity contribution in [2.75, 3.05) is 0 Å². The molecule has 0 saturated heterocycles. The maximum absolute atomic E-state index is 11.2. The zero-order valence-electron chi connectivity index (χ0n) is 19.7. The highest BCUT2D eigenvalue weighted by Gasteiger charge is 2.23. The fraction of sp³-hybridized carbons (Fsp3) is 0.957. The van der Waals surface area contributed by atoms with Crippen LogP contribution >= 0.6 is 0 Å². The summed E-state index contributed by atoms with van der Waals surface area (Å²) in [7, 11) is 0. The zero-order valence-corrected chi connectivity index (χ0v) is 19.7. The number of carbonyl (C=O) groups is 1. The van der Waals surface area contributed by atoms with Crippen molar-refractivity contribution >= 4 is 5.78 Å². The van der Waals surface area contributed by atoms with Gasteiger partial charge in [-0.05, 0) is 11.8 Å². The van der Waals surface area contributed by atoms with E-state index in [9.17, 15) is 4.79 Å². The standard InChI is InChI=1S/C9H18.C8H16O.3C2H6/c1-3-9-6-4-8(2)5-7-9;1-6(2)7(9)8(3,4)5;3*1-2/h8-9H,3-7H2,1-2H3;6H,1-5H3;3*1-2H3. The number of hydrogen-bond donors (Lipinski definition) is 0. The van der Waals surface area contributed by atoms with Crippen LogP contribution in [-0.4, -0.2) is 5.78 Å². The van der Waals surface area contributed by atoms with Gasteiger partial charge in [0.1, 0.15) is 5.78 Å². The van der Waals surface area contributed by atoms with Crippen molar-refractivity contribution in [2.45, 2.75) is 122 Å². The Bertz CT molecular complexity index is 227. The van der Waals surface area contributed by atoms with Crippen molar-refractivity contribution in [3.05, 3.63) is 0 Å². The molecule has 1 fully saturated rings. The van der Waals surface area contributed by atoms with E-state index in [1.54, 1.807) is 0 Å². The number of hydrogen-bond acceptors (Lipinski definition) is 1. The van der Waals surface area contributed by atoms with Gasteiger partial charge in [0, 0.05) is 11.3 Å². The van der Waals surface area contributed by atoms with E-state index < -0.39 is 0 Å². The van der Waals surface area contributed by atoms with Gasteiger partial charge in [-0.2, -0.15) is 0 Å². The molecular formula is C23H52O. The fourth-order valence-corrected chi connectivity index (χ4v) is 2.60. The van der Waals surface area contributed by atoms with Crippen LogP contribution in [0.3, 0.4) is 0 Å². The molecule has 0 aromatic carbocycles. The highest BCUT2D eigenvalue weighted by Crippen LogP contribution is 2.29. The lowest BCUT2D eigenvalue weighted by Gasteiger charge is -2.24. The first-order chi connectivity index (χ1) is 11.2. The maximum Gasteiger partial charge on any atom is 0.140 e. The largest absolute Gasteiger partial charge is 0.299 e. The van der Waals surface area contributed by atoms with Gasteiger partial charge in [0.25, 0.3) is 0 Å². The molecule has 1 rings (SSSR count). The predicted octanol–water partition coefficient (Wildman–Crippen LogP) is 8.56. The Hall–Kier alpha value is -0.330.